The van der Waals surface area contributed by atoms with E-state index in [4.69, 9.17) is 0 Å². The van der Waals surface area contributed by atoms with E-state index in [1.54, 1.807) is 6.20 Å². The van der Waals surface area contributed by atoms with Gasteiger partial charge in [0.25, 0.3) is 0 Å². The van der Waals surface area contributed by atoms with E-state index in [0.717, 1.165) is 21.7 Å². The van der Waals surface area contributed by atoms with Crippen molar-refractivity contribution in [3.05, 3.63) is 47.1 Å². The maximum Gasteiger partial charge on any atom is 0.226 e. The van der Waals surface area contributed by atoms with E-state index in [-0.39, 0.29) is 5.91 Å². The topological polar surface area (TPSA) is 45.2 Å². The third-order valence-electron chi connectivity index (χ3n) is 2.99. The highest BCUT2D eigenvalue weighted by atomic mass is 79.9. The van der Waals surface area contributed by atoms with Gasteiger partial charge in [0.2, 0.25) is 5.91 Å². The Kier molecular flexibility index (Phi) is 3.21. The minimum Gasteiger partial charge on any atom is -0.324 e. The molecule has 0 unspecified atom stereocenters. The van der Waals surface area contributed by atoms with Crippen LogP contribution in [0.1, 0.15) is 6.42 Å². The number of hydrogen-bond donors (Lipinski definition) is 1. The number of benzene rings is 1. The monoisotopic (exact) mass is 317 g/mol. The average Bonchev–Trinajstić information content (AvgIpc) is 2.57. The van der Waals surface area contributed by atoms with E-state index >= 15 is 0 Å². The fourth-order valence-corrected chi connectivity index (χ4v) is 2.46. The van der Waals surface area contributed by atoms with Gasteiger partial charge in [-0.2, -0.15) is 0 Å². The molecule has 1 amide bonds. The Balaban J connectivity index is 2.10. The zero-order valence-corrected chi connectivity index (χ0v) is 11.7. The second-order valence-corrected chi connectivity index (χ2v) is 5.23. The number of hydrogen-bond acceptors (Lipinski definition) is 3. The van der Waals surface area contributed by atoms with E-state index in [9.17, 15) is 4.79 Å². The van der Waals surface area contributed by atoms with E-state index in [0.29, 0.717) is 13.0 Å². The van der Waals surface area contributed by atoms with Crippen LogP contribution >= 0.6 is 15.9 Å². The van der Waals surface area contributed by atoms with E-state index in [1.807, 2.05) is 36.4 Å². The lowest BCUT2D eigenvalue weighted by Gasteiger charge is -2.22. The van der Waals surface area contributed by atoms with Gasteiger partial charge in [-0.15, -0.1) is 0 Å². The molecule has 0 radical (unpaired) electrons. The number of anilines is 3. The number of fused-ring (bicyclic) bond motifs is 1. The number of pyridine rings is 1. The maximum atomic E-state index is 11.8. The summed E-state index contributed by atoms with van der Waals surface area (Å²) in [7, 11) is 0. The fourth-order valence-electron chi connectivity index (χ4n) is 2.13. The van der Waals surface area contributed by atoms with Crippen molar-refractivity contribution in [3.63, 3.8) is 0 Å². The van der Waals surface area contributed by atoms with Crippen molar-refractivity contribution in [2.24, 2.45) is 0 Å². The molecular formula is C14H12BrN3O. The molecule has 1 aliphatic heterocycles. The molecular weight excluding hydrogens is 306 g/mol. The Morgan fingerprint density at radius 3 is 2.84 bits per heavy atom. The summed E-state index contributed by atoms with van der Waals surface area (Å²) < 4.78 is 0.849. The van der Waals surface area contributed by atoms with Crippen molar-refractivity contribution in [1.29, 1.82) is 0 Å². The number of aromatic nitrogens is 1. The second kappa shape index (κ2) is 5.01. The van der Waals surface area contributed by atoms with Crippen LogP contribution in [0.3, 0.4) is 0 Å². The number of amides is 1. The molecule has 3 rings (SSSR count). The zero-order valence-electron chi connectivity index (χ0n) is 10.1. The highest BCUT2D eigenvalue weighted by molar-refractivity contribution is 9.10. The van der Waals surface area contributed by atoms with Gasteiger partial charge in [-0.3, -0.25) is 4.79 Å². The number of carbonyl (C=O) groups excluding carboxylic acids is 1. The minimum absolute atomic E-state index is 0.0135. The summed E-state index contributed by atoms with van der Waals surface area (Å²) in [4.78, 5) is 18.2. The van der Waals surface area contributed by atoms with Gasteiger partial charge in [0, 0.05) is 29.3 Å². The van der Waals surface area contributed by atoms with Crippen LogP contribution in [0.5, 0.6) is 0 Å². The molecule has 0 saturated carbocycles. The molecule has 0 bridgehead atoms. The minimum atomic E-state index is 0.0135. The predicted molar refractivity (Wildman–Crippen MR) is 78.6 cm³/mol. The molecule has 0 fully saturated rings. The fraction of sp³-hybridized carbons (Fsp3) is 0.143. The normalized spacial score (nSPS) is 14.6. The largest absolute Gasteiger partial charge is 0.324 e. The molecule has 4 nitrogen and oxygen atoms in total. The van der Waals surface area contributed by atoms with Gasteiger partial charge in [-0.25, -0.2) is 4.98 Å². The first-order valence-corrected chi connectivity index (χ1v) is 6.81. The lowest BCUT2D eigenvalue weighted by molar-refractivity contribution is -0.115. The summed E-state index contributed by atoms with van der Waals surface area (Å²) in [6, 6.07) is 11.8. The van der Waals surface area contributed by atoms with Crippen LogP contribution in [0.15, 0.2) is 47.1 Å². The molecule has 1 aromatic heterocycles. The summed E-state index contributed by atoms with van der Waals surface area (Å²) in [5, 5.41) is 2.89. The third-order valence-corrected chi connectivity index (χ3v) is 3.43. The SMILES string of the molecule is O=C1CCN(c2ccccc2)c2ncc(Br)cc2N1. The first-order valence-electron chi connectivity index (χ1n) is 6.02. The Hall–Kier alpha value is -1.88. The van der Waals surface area contributed by atoms with Crippen molar-refractivity contribution < 1.29 is 4.79 Å². The summed E-state index contributed by atoms with van der Waals surface area (Å²) in [5.74, 6) is 0.792. The Morgan fingerprint density at radius 2 is 2.05 bits per heavy atom. The molecule has 96 valence electrons. The van der Waals surface area contributed by atoms with Crippen LogP contribution in [0.2, 0.25) is 0 Å². The third kappa shape index (κ3) is 2.46. The van der Waals surface area contributed by atoms with Crippen molar-refractivity contribution in [2.75, 3.05) is 16.8 Å². The van der Waals surface area contributed by atoms with Crippen LogP contribution in [0, 0.1) is 0 Å². The van der Waals surface area contributed by atoms with E-state index < -0.39 is 0 Å². The molecule has 5 heteroatoms. The molecule has 0 aliphatic carbocycles. The van der Waals surface area contributed by atoms with Crippen LogP contribution in [-0.4, -0.2) is 17.4 Å². The molecule has 1 aromatic carbocycles. The quantitative estimate of drug-likeness (QED) is 0.877. The predicted octanol–water partition coefficient (Wildman–Crippen LogP) is 3.32. The van der Waals surface area contributed by atoms with Crippen LogP contribution in [0.25, 0.3) is 0 Å². The summed E-state index contributed by atoms with van der Waals surface area (Å²) in [6.07, 6.45) is 2.19. The Bertz CT molecular complexity index is 615. The lowest BCUT2D eigenvalue weighted by atomic mass is 10.2. The first-order chi connectivity index (χ1) is 9.24. The number of carbonyl (C=O) groups is 1. The number of para-hydroxylation sites is 1. The second-order valence-electron chi connectivity index (χ2n) is 4.31. The van der Waals surface area contributed by atoms with Crippen LogP contribution < -0.4 is 10.2 Å². The smallest absolute Gasteiger partial charge is 0.226 e. The molecule has 0 saturated heterocycles. The highest BCUT2D eigenvalue weighted by Crippen LogP contribution is 2.33. The summed E-state index contributed by atoms with van der Waals surface area (Å²) >= 11 is 3.38. The van der Waals surface area contributed by atoms with Crippen molar-refractivity contribution in [1.82, 2.24) is 4.98 Å². The maximum absolute atomic E-state index is 11.8. The molecule has 2 heterocycles. The molecule has 2 aromatic rings. The van der Waals surface area contributed by atoms with Gasteiger partial charge in [0.1, 0.15) is 0 Å². The van der Waals surface area contributed by atoms with E-state index in [2.05, 4.69) is 31.1 Å². The van der Waals surface area contributed by atoms with Gasteiger partial charge in [-0.05, 0) is 34.1 Å². The molecule has 0 spiro atoms. The van der Waals surface area contributed by atoms with Crippen LogP contribution in [0.4, 0.5) is 17.2 Å². The Morgan fingerprint density at radius 1 is 1.26 bits per heavy atom. The zero-order chi connectivity index (χ0) is 13.2. The van der Waals surface area contributed by atoms with Gasteiger partial charge in [-0.1, -0.05) is 18.2 Å². The van der Waals surface area contributed by atoms with Crippen molar-refractivity contribution in [2.45, 2.75) is 6.42 Å². The lowest BCUT2D eigenvalue weighted by Crippen LogP contribution is -2.19. The average molecular weight is 318 g/mol. The number of halogens is 1. The van der Waals surface area contributed by atoms with Crippen LogP contribution in [-0.2, 0) is 4.79 Å². The highest BCUT2D eigenvalue weighted by Gasteiger charge is 2.21. The first kappa shape index (κ1) is 12.2. The van der Waals surface area contributed by atoms with Crippen molar-refractivity contribution >= 4 is 39.0 Å². The van der Waals surface area contributed by atoms with E-state index in [1.165, 1.54) is 0 Å². The molecule has 1 N–H and O–H groups in total. The standard InChI is InChI=1S/C14H12BrN3O/c15-10-8-12-14(16-9-10)18(7-6-13(19)17-12)11-4-2-1-3-5-11/h1-5,8-9H,6-7H2,(H,17,19). The number of nitrogens with one attached hydrogen (secondary N) is 1. The Labute approximate surface area is 119 Å². The summed E-state index contributed by atoms with van der Waals surface area (Å²) in [6.45, 7) is 0.622. The number of nitrogens with zero attached hydrogens (tertiary/aromatic N) is 2. The summed E-state index contributed by atoms with van der Waals surface area (Å²) in [5.41, 5.74) is 1.77. The van der Waals surface area contributed by atoms with Crippen molar-refractivity contribution in [3.8, 4) is 0 Å². The van der Waals surface area contributed by atoms with Gasteiger partial charge in [0.05, 0.1) is 5.69 Å². The molecule has 0 atom stereocenters. The van der Waals surface area contributed by atoms with Gasteiger partial charge < -0.3 is 10.2 Å². The number of rotatable bonds is 1. The molecule has 1 aliphatic rings. The van der Waals surface area contributed by atoms with Gasteiger partial charge in [0.15, 0.2) is 5.82 Å². The van der Waals surface area contributed by atoms with Gasteiger partial charge >= 0.3 is 0 Å². The molecule has 19 heavy (non-hydrogen) atoms.